The lowest BCUT2D eigenvalue weighted by molar-refractivity contribution is -0.00397. The Morgan fingerprint density at radius 2 is 2.26 bits per heavy atom. The number of rotatable bonds is 3. The summed E-state index contributed by atoms with van der Waals surface area (Å²) in [5, 5.41) is 16.3. The summed E-state index contributed by atoms with van der Waals surface area (Å²) in [7, 11) is 0. The third-order valence-electron chi connectivity index (χ3n) is 3.75. The molecular weight excluding hydrogens is 245 g/mol. The number of halogens is 1. The highest BCUT2D eigenvalue weighted by atomic mass is 19.1. The Morgan fingerprint density at radius 3 is 2.89 bits per heavy atom. The summed E-state index contributed by atoms with van der Waals surface area (Å²) in [5.41, 5.74) is 0.788. The maximum absolute atomic E-state index is 14.2. The van der Waals surface area contributed by atoms with Crippen LogP contribution in [0.2, 0.25) is 0 Å². The summed E-state index contributed by atoms with van der Waals surface area (Å²) in [6.07, 6.45) is 3.07. The molecule has 1 aliphatic heterocycles. The van der Waals surface area contributed by atoms with E-state index in [9.17, 15) is 4.39 Å². The number of hydrogen-bond donors (Lipinski definition) is 2. The Labute approximate surface area is 114 Å². The van der Waals surface area contributed by atoms with Crippen molar-refractivity contribution >= 4 is 0 Å². The molecule has 1 aromatic heterocycles. The van der Waals surface area contributed by atoms with Gasteiger partial charge in [-0.3, -0.25) is 10.00 Å². The quantitative estimate of drug-likeness (QED) is 0.882. The molecule has 108 valence electrons. The molecule has 0 bridgehead atoms. The molecule has 1 atom stereocenters. The second-order valence-corrected chi connectivity index (χ2v) is 6.64. The fourth-order valence-corrected chi connectivity index (χ4v) is 2.76. The fraction of sp³-hybridized carbons (Fsp3) is 0.786. The number of likely N-dealkylation sites (tertiary alicyclic amines) is 1. The molecule has 1 saturated heterocycles. The van der Waals surface area contributed by atoms with Gasteiger partial charge in [0.05, 0.1) is 12.8 Å². The maximum atomic E-state index is 14.2. The van der Waals surface area contributed by atoms with E-state index in [1.54, 1.807) is 0 Å². The normalized spacial score (nSPS) is 25.7. The summed E-state index contributed by atoms with van der Waals surface area (Å²) in [4.78, 5) is 2.07. The highest BCUT2D eigenvalue weighted by Gasteiger charge is 2.35. The smallest absolute Gasteiger partial charge is 0.146 e. The van der Waals surface area contributed by atoms with Gasteiger partial charge < -0.3 is 5.11 Å². The van der Waals surface area contributed by atoms with Crippen LogP contribution in [0.1, 0.15) is 44.9 Å². The largest absolute Gasteiger partial charge is 0.393 e. The Balaban J connectivity index is 2.08. The first-order valence-electron chi connectivity index (χ1n) is 6.89. The zero-order valence-corrected chi connectivity index (χ0v) is 12.0. The Kier molecular flexibility index (Phi) is 3.97. The van der Waals surface area contributed by atoms with E-state index in [0.717, 1.165) is 24.2 Å². The molecule has 0 aromatic carbocycles. The van der Waals surface area contributed by atoms with Gasteiger partial charge in [0.2, 0.25) is 0 Å². The van der Waals surface area contributed by atoms with Crippen LogP contribution >= 0.6 is 0 Å². The van der Waals surface area contributed by atoms with Gasteiger partial charge in [-0.25, -0.2) is 4.39 Å². The Bertz CT molecular complexity index is 427. The Hall–Kier alpha value is -0.940. The summed E-state index contributed by atoms with van der Waals surface area (Å²) in [6, 6.07) is 0. The first-order chi connectivity index (χ1) is 8.84. The van der Waals surface area contributed by atoms with Crippen LogP contribution in [0.25, 0.3) is 0 Å². The van der Waals surface area contributed by atoms with E-state index in [-0.39, 0.29) is 12.0 Å². The number of aliphatic hydroxyl groups excluding tert-OH is 1. The van der Waals surface area contributed by atoms with E-state index < -0.39 is 5.67 Å². The van der Waals surface area contributed by atoms with Crippen molar-refractivity contribution in [2.24, 2.45) is 0 Å². The van der Waals surface area contributed by atoms with Crippen LogP contribution in [0.4, 0.5) is 4.39 Å². The van der Waals surface area contributed by atoms with Crippen LogP contribution in [0.15, 0.2) is 6.20 Å². The maximum Gasteiger partial charge on any atom is 0.146 e. The van der Waals surface area contributed by atoms with E-state index >= 15 is 0 Å². The third-order valence-corrected chi connectivity index (χ3v) is 3.75. The average molecular weight is 269 g/mol. The van der Waals surface area contributed by atoms with Crippen LogP contribution in [-0.2, 0) is 12.0 Å². The molecule has 2 rings (SSSR count). The molecule has 0 spiro atoms. The van der Waals surface area contributed by atoms with Gasteiger partial charge in [0.25, 0.3) is 0 Å². The minimum absolute atomic E-state index is 0.00536. The van der Waals surface area contributed by atoms with Crippen molar-refractivity contribution < 1.29 is 9.50 Å². The lowest BCUT2D eigenvalue weighted by Gasteiger charge is -2.36. The molecule has 0 radical (unpaired) electrons. The average Bonchev–Trinajstić information content (AvgIpc) is 2.77. The predicted molar refractivity (Wildman–Crippen MR) is 72.7 cm³/mol. The summed E-state index contributed by atoms with van der Waals surface area (Å²) in [5.74, 6) is 0. The van der Waals surface area contributed by atoms with E-state index in [0.29, 0.717) is 19.5 Å². The van der Waals surface area contributed by atoms with E-state index in [1.807, 2.05) is 6.20 Å². The van der Waals surface area contributed by atoms with Gasteiger partial charge in [-0.15, -0.1) is 0 Å². The second-order valence-electron chi connectivity index (χ2n) is 6.64. The van der Waals surface area contributed by atoms with Crippen molar-refractivity contribution in [3.63, 3.8) is 0 Å². The number of nitrogens with one attached hydrogen (secondary N) is 1. The molecule has 0 amide bonds. The number of alkyl halides is 1. The molecule has 1 aliphatic rings. The van der Waals surface area contributed by atoms with Crippen LogP contribution in [0, 0.1) is 0 Å². The molecule has 1 aromatic rings. The third kappa shape index (κ3) is 3.34. The monoisotopic (exact) mass is 269 g/mol. The van der Waals surface area contributed by atoms with Crippen molar-refractivity contribution in [3.8, 4) is 0 Å². The summed E-state index contributed by atoms with van der Waals surface area (Å²) in [6.45, 7) is 7.88. The van der Waals surface area contributed by atoms with E-state index in [1.165, 1.54) is 0 Å². The summed E-state index contributed by atoms with van der Waals surface area (Å²) < 4.78 is 14.2. The van der Waals surface area contributed by atoms with Crippen molar-refractivity contribution in [2.45, 2.75) is 51.2 Å². The number of hydrogen-bond acceptors (Lipinski definition) is 3. The topological polar surface area (TPSA) is 52.2 Å². The fourth-order valence-electron chi connectivity index (χ4n) is 2.76. The zero-order chi connectivity index (χ0) is 14.1. The molecule has 0 aliphatic carbocycles. The molecule has 1 fully saturated rings. The van der Waals surface area contributed by atoms with E-state index in [4.69, 9.17) is 5.11 Å². The molecule has 1 unspecified atom stereocenters. The van der Waals surface area contributed by atoms with Gasteiger partial charge in [-0.1, -0.05) is 20.8 Å². The van der Waals surface area contributed by atoms with Gasteiger partial charge in [0.15, 0.2) is 0 Å². The lowest BCUT2D eigenvalue weighted by atomic mass is 9.89. The molecule has 4 nitrogen and oxygen atoms in total. The van der Waals surface area contributed by atoms with Crippen molar-refractivity contribution in [3.05, 3.63) is 17.5 Å². The van der Waals surface area contributed by atoms with Crippen LogP contribution in [0.5, 0.6) is 0 Å². The van der Waals surface area contributed by atoms with Gasteiger partial charge >= 0.3 is 0 Å². The number of aliphatic hydroxyl groups is 1. The molecule has 2 heterocycles. The number of H-pyrrole nitrogens is 1. The van der Waals surface area contributed by atoms with E-state index in [2.05, 4.69) is 35.9 Å². The minimum Gasteiger partial charge on any atom is -0.393 e. The summed E-state index contributed by atoms with van der Waals surface area (Å²) >= 11 is 0. The lowest BCUT2D eigenvalue weighted by Crippen LogP contribution is -2.47. The number of aromatic amines is 1. The first-order valence-corrected chi connectivity index (χ1v) is 6.89. The minimum atomic E-state index is -1.44. The van der Waals surface area contributed by atoms with Crippen LogP contribution in [-0.4, -0.2) is 45.6 Å². The molecule has 0 saturated carbocycles. The standard InChI is InChI=1S/C14H24FN3O/c1-13(2,3)12-11(7-16-17-12)8-18-6-4-5-14(15,9-18)10-19/h7,19H,4-6,8-10H2,1-3H3,(H,16,17). The number of nitrogens with zero attached hydrogens (tertiary/aromatic N) is 2. The van der Waals surface area contributed by atoms with Crippen LogP contribution in [0.3, 0.4) is 0 Å². The van der Waals surface area contributed by atoms with Crippen molar-refractivity contribution in [2.75, 3.05) is 19.7 Å². The van der Waals surface area contributed by atoms with Gasteiger partial charge in [-0.2, -0.15) is 5.10 Å². The molecule has 2 N–H and O–H groups in total. The molecule has 5 heteroatoms. The number of aromatic nitrogens is 2. The highest BCUT2D eigenvalue weighted by Crippen LogP contribution is 2.28. The van der Waals surface area contributed by atoms with Gasteiger partial charge in [-0.05, 0) is 19.4 Å². The predicted octanol–water partition coefficient (Wildman–Crippen LogP) is 2.00. The Morgan fingerprint density at radius 1 is 1.53 bits per heavy atom. The zero-order valence-electron chi connectivity index (χ0n) is 12.0. The van der Waals surface area contributed by atoms with Crippen molar-refractivity contribution in [1.82, 2.24) is 15.1 Å². The number of piperidine rings is 1. The first kappa shape index (κ1) is 14.5. The van der Waals surface area contributed by atoms with Crippen LogP contribution < -0.4 is 0 Å². The van der Waals surface area contributed by atoms with Gasteiger partial charge in [0.1, 0.15) is 5.67 Å². The SMILES string of the molecule is CC(C)(C)c1[nH]ncc1CN1CCCC(F)(CO)C1. The molecular formula is C14H24FN3O. The van der Waals surface area contributed by atoms with Gasteiger partial charge in [0, 0.05) is 29.8 Å². The highest BCUT2D eigenvalue weighted by molar-refractivity contribution is 5.23. The second kappa shape index (κ2) is 5.21. The van der Waals surface area contributed by atoms with Crippen molar-refractivity contribution in [1.29, 1.82) is 0 Å². The molecule has 19 heavy (non-hydrogen) atoms.